The standard InChI is InChI=1S/C13H15F3N2/c1-18(2)7-6-9-8-17-11-5-3-4-10(12(9)11)13(14,15)16/h3-5,8,17H,6-7H2,1-2H3. The van der Waals surface area contributed by atoms with E-state index in [1.54, 1.807) is 12.3 Å². The Morgan fingerprint density at radius 2 is 1.94 bits per heavy atom. The maximum absolute atomic E-state index is 12.9. The van der Waals surface area contributed by atoms with Crippen LogP contribution in [0.1, 0.15) is 11.1 Å². The van der Waals surface area contributed by atoms with Gasteiger partial charge in [0.2, 0.25) is 0 Å². The summed E-state index contributed by atoms with van der Waals surface area (Å²) in [5.74, 6) is 0. The summed E-state index contributed by atoms with van der Waals surface area (Å²) >= 11 is 0. The molecule has 1 aromatic carbocycles. The molecule has 0 atom stereocenters. The fourth-order valence-electron chi connectivity index (χ4n) is 2.03. The number of aromatic amines is 1. The minimum absolute atomic E-state index is 0.298. The summed E-state index contributed by atoms with van der Waals surface area (Å²) in [7, 11) is 3.80. The Morgan fingerprint density at radius 3 is 2.56 bits per heavy atom. The number of nitrogens with one attached hydrogen (secondary N) is 1. The van der Waals surface area contributed by atoms with Crippen molar-refractivity contribution < 1.29 is 13.2 Å². The van der Waals surface area contributed by atoms with Gasteiger partial charge in [0.25, 0.3) is 0 Å². The second kappa shape index (κ2) is 4.65. The zero-order valence-electron chi connectivity index (χ0n) is 10.3. The number of nitrogens with zero attached hydrogens (tertiary/aromatic N) is 1. The molecule has 18 heavy (non-hydrogen) atoms. The Hall–Kier alpha value is -1.49. The molecule has 0 saturated carbocycles. The first-order valence-electron chi connectivity index (χ1n) is 5.70. The third kappa shape index (κ3) is 2.51. The van der Waals surface area contributed by atoms with E-state index in [-0.39, 0.29) is 0 Å². The van der Waals surface area contributed by atoms with Crippen molar-refractivity contribution in [2.75, 3.05) is 20.6 Å². The van der Waals surface area contributed by atoms with Crippen molar-refractivity contribution in [2.24, 2.45) is 0 Å². The quantitative estimate of drug-likeness (QED) is 0.892. The summed E-state index contributed by atoms with van der Waals surface area (Å²) < 4.78 is 38.8. The van der Waals surface area contributed by atoms with Crippen LogP contribution in [-0.2, 0) is 12.6 Å². The van der Waals surface area contributed by atoms with Crippen LogP contribution < -0.4 is 0 Å². The third-order valence-corrected chi connectivity index (χ3v) is 2.92. The van der Waals surface area contributed by atoms with E-state index in [0.717, 1.165) is 12.6 Å². The Balaban J connectivity index is 2.49. The molecule has 2 aromatic rings. The Bertz CT molecular complexity index is 541. The molecule has 0 bridgehead atoms. The molecule has 0 aliphatic carbocycles. The van der Waals surface area contributed by atoms with Crippen LogP contribution in [0.4, 0.5) is 13.2 Å². The number of hydrogen-bond acceptors (Lipinski definition) is 1. The topological polar surface area (TPSA) is 19.0 Å². The average Bonchev–Trinajstić information content (AvgIpc) is 2.67. The van der Waals surface area contributed by atoms with Crippen LogP contribution >= 0.6 is 0 Å². The van der Waals surface area contributed by atoms with Gasteiger partial charge in [-0.15, -0.1) is 0 Å². The molecular weight excluding hydrogens is 241 g/mol. The molecule has 2 rings (SSSR count). The fraction of sp³-hybridized carbons (Fsp3) is 0.385. The molecule has 1 N–H and O–H groups in total. The number of H-pyrrole nitrogens is 1. The predicted molar refractivity (Wildman–Crippen MR) is 65.6 cm³/mol. The number of likely N-dealkylation sites (N-methyl/N-ethyl adjacent to an activating group) is 1. The van der Waals surface area contributed by atoms with Crippen molar-refractivity contribution >= 4 is 10.9 Å². The van der Waals surface area contributed by atoms with Crippen LogP contribution in [0.3, 0.4) is 0 Å². The monoisotopic (exact) mass is 256 g/mol. The molecule has 0 aliphatic rings. The highest BCUT2D eigenvalue weighted by molar-refractivity contribution is 5.87. The number of alkyl halides is 3. The highest BCUT2D eigenvalue weighted by Crippen LogP contribution is 2.36. The molecule has 2 nitrogen and oxygen atoms in total. The number of halogens is 3. The summed E-state index contributed by atoms with van der Waals surface area (Å²) in [6, 6.07) is 4.23. The number of rotatable bonds is 3. The number of aromatic nitrogens is 1. The van der Waals surface area contributed by atoms with Crippen molar-refractivity contribution in [1.82, 2.24) is 9.88 Å². The van der Waals surface area contributed by atoms with Crippen LogP contribution in [-0.4, -0.2) is 30.5 Å². The van der Waals surface area contributed by atoms with E-state index in [4.69, 9.17) is 0 Å². The van der Waals surface area contributed by atoms with Crippen LogP contribution in [0.5, 0.6) is 0 Å². The molecule has 0 spiro atoms. The highest BCUT2D eigenvalue weighted by atomic mass is 19.4. The van der Waals surface area contributed by atoms with E-state index in [9.17, 15) is 13.2 Å². The molecule has 1 heterocycles. The van der Waals surface area contributed by atoms with Crippen molar-refractivity contribution in [1.29, 1.82) is 0 Å². The lowest BCUT2D eigenvalue weighted by atomic mass is 10.0. The second-order valence-corrected chi connectivity index (χ2v) is 4.59. The normalized spacial score (nSPS) is 12.6. The lowest BCUT2D eigenvalue weighted by Crippen LogP contribution is -2.15. The van der Waals surface area contributed by atoms with Crippen molar-refractivity contribution in [2.45, 2.75) is 12.6 Å². The lowest BCUT2D eigenvalue weighted by Gasteiger charge is -2.11. The fourth-order valence-corrected chi connectivity index (χ4v) is 2.03. The summed E-state index contributed by atoms with van der Waals surface area (Å²) in [5, 5.41) is 0.298. The van der Waals surface area contributed by atoms with Crippen molar-refractivity contribution in [3.8, 4) is 0 Å². The van der Waals surface area contributed by atoms with Gasteiger partial charge in [-0.2, -0.15) is 13.2 Å². The van der Waals surface area contributed by atoms with Crippen molar-refractivity contribution in [3.63, 3.8) is 0 Å². The van der Waals surface area contributed by atoms with Gasteiger partial charge in [-0.3, -0.25) is 0 Å². The summed E-state index contributed by atoms with van der Waals surface area (Å²) in [6.45, 7) is 0.721. The van der Waals surface area contributed by atoms with Gasteiger partial charge in [-0.25, -0.2) is 0 Å². The van der Waals surface area contributed by atoms with E-state index in [1.807, 2.05) is 19.0 Å². The zero-order valence-corrected chi connectivity index (χ0v) is 10.3. The van der Waals surface area contributed by atoms with Gasteiger partial charge in [-0.1, -0.05) is 6.07 Å². The minimum Gasteiger partial charge on any atom is -0.361 e. The minimum atomic E-state index is -4.31. The molecule has 0 fully saturated rings. The van der Waals surface area contributed by atoms with Crippen molar-refractivity contribution in [3.05, 3.63) is 35.5 Å². The van der Waals surface area contributed by atoms with E-state index >= 15 is 0 Å². The van der Waals surface area contributed by atoms with Gasteiger partial charge < -0.3 is 9.88 Å². The smallest absolute Gasteiger partial charge is 0.361 e. The molecule has 98 valence electrons. The SMILES string of the molecule is CN(C)CCc1c[nH]c2cccc(C(F)(F)F)c12. The molecule has 0 amide bonds. The summed E-state index contributed by atoms with van der Waals surface area (Å²) in [5.41, 5.74) is 0.695. The average molecular weight is 256 g/mol. The molecule has 0 saturated heterocycles. The largest absolute Gasteiger partial charge is 0.417 e. The maximum atomic E-state index is 12.9. The number of fused-ring (bicyclic) bond motifs is 1. The van der Waals surface area contributed by atoms with Gasteiger partial charge in [0.05, 0.1) is 5.56 Å². The Morgan fingerprint density at radius 1 is 1.22 bits per heavy atom. The molecular formula is C13H15F3N2. The number of hydrogen-bond donors (Lipinski definition) is 1. The van der Waals surface area contributed by atoms with Gasteiger partial charge >= 0.3 is 6.18 Å². The third-order valence-electron chi connectivity index (χ3n) is 2.92. The van der Waals surface area contributed by atoms with Crippen LogP contribution in [0.25, 0.3) is 10.9 Å². The van der Waals surface area contributed by atoms with E-state index in [0.29, 0.717) is 22.9 Å². The predicted octanol–water partition coefficient (Wildman–Crippen LogP) is 3.29. The Labute approximate surface area is 103 Å². The van der Waals surface area contributed by atoms with E-state index < -0.39 is 11.7 Å². The van der Waals surface area contributed by atoms with Crippen LogP contribution in [0.2, 0.25) is 0 Å². The van der Waals surface area contributed by atoms with Crippen LogP contribution in [0.15, 0.2) is 24.4 Å². The van der Waals surface area contributed by atoms with Gasteiger partial charge in [0.15, 0.2) is 0 Å². The first-order chi connectivity index (χ1) is 8.39. The molecule has 5 heteroatoms. The molecule has 0 unspecified atom stereocenters. The van der Waals surface area contributed by atoms with E-state index in [2.05, 4.69) is 4.98 Å². The molecule has 0 radical (unpaired) electrons. The first-order valence-corrected chi connectivity index (χ1v) is 5.70. The highest BCUT2D eigenvalue weighted by Gasteiger charge is 2.33. The van der Waals surface area contributed by atoms with Gasteiger partial charge in [0.1, 0.15) is 0 Å². The lowest BCUT2D eigenvalue weighted by molar-refractivity contribution is -0.136. The van der Waals surface area contributed by atoms with E-state index in [1.165, 1.54) is 6.07 Å². The zero-order chi connectivity index (χ0) is 13.3. The number of benzene rings is 1. The molecule has 0 aliphatic heterocycles. The van der Waals surface area contributed by atoms with Gasteiger partial charge in [-0.05, 0) is 38.2 Å². The summed E-state index contributed by atoms with van der Waals surface area (Å²) in [4.78, 5) is 4.86. The summed E-state index contributed by atoms with van der Waals surface area (Å²) in [6.07, 6.45) is -2.04. The molecule has 1 aromatic heterocycles. The second-order valence-electron chi connectivity index (χ2n) is 4.59. The maximum Gasteiger partial charge on any atom is 0.417 e. The van der Waals surface area contributed by atoms with Crippen LogP contribution in [0, 0.1) is 0 Å². The first kappa shape index (κ1) is 13.0. The van der Waals surface area contributed by atoms with Gasteiger partial charge in [0, 0.05) is 23.6 Å². The Kier molecular flexibility index (Phi) is 3.34.